The summed E-state index contributed by atoms with van der Waals surface area (Å²) in [4.78, 5) is 28.8. The number of carbonyl (C=O) groups excluding carboxylic acids is 2. The van der Waals surface area contributed by atoms with Crippen molar-refractivity contribution in [3.63, 3.8) is 0 Å². The Labute approximate surface area is 163 Å². The monoisotopic (exact) mass is 433 g/mol. The summed E-state index contributed by atoms with van der Waals surface area (Å²) in [6.07, 6.45) is 0.106. The van der Waals surface area contributed by atoms with E-state index in [1.807, 2.05) is 12.1 Å². The molecule has 2 amide bonds. The molecule has 3 rings (SSSR count). The zero-order valence-electron chi connectivity index (χ0n) is 13.9. The Morgan fingerprint density at radius 3 is 2.58 bits per heavy atom. The van der Waals surface area contributed by atoms with Crippen LogP contribution in [0.15, 0.2) is 58.0 Å². The van der Waals surface area contributed by atoms with Gasteiger partial charge in [0.25, 0.3) is 0 Å². The van der Waals surface area contributed by atoms with Crippen LogP contribution in [0.25, 0.3) is 0 Å². The summed E-state index contributed by atoms with van der Waals surface area (Å²) in [6.45, 7) is 0. The van der Waals surface area contributed by atoms with Crippen LogP contribution in [-0.4, -0.2) is 29.3 Å². The van der Waals surface area contributed by atoms with Gasteiger partial charge in [-0.25, -0.2) is 4.99 Å². The minimum atomic E-state index is -0.538. The SMILES string of the molecule is COc1ccc(N=C2NC(=O)CC(C(=O)Nc3ccc(Br)cc3)S2)cc1. The molecule has 1 heterocycles. The maximum atomic E-state index is 12.5. The molecule has 1 fully saturated rings. The summed E-state index contributed by atoms with van der Waals surface area (Å²) >= 11 is 4.59. The van der Waals surface area contributed by atoms with E-state index in [0.29, 0.717) is 16.5 Å². The third-order valence-electron chi connectivity index (χ3n) is 3.58. The second-order valence-electron chi connectivity index (χ2n) is 5.47. The van der Waals surface area contributed by atoms with Crippen LogP contribution in [0.5, 0.6) is 5.75 Å². The first-order valence-corrected chi connectivity index (χ1v) is 9.46. The van der Waals surface area contributed by atoms with E-state index in [-0.39, 0.29) is 18.2 Å². The van der Waals surface area contributed by atoms with E-state index < -0.39 is 5.25 Å². The molecule has 8 heteroatoms. The summed E-state index contributed by atoms with van der Waals surface area (Å²) in [7, 11) is 1.59. The molecular weight excluding hydrogens is 418 g/mol. The van der Waals surface area contributed by atoms with E-state index in [1.54, 1.807) is 43.5 Å². The van der Waals surface area contributed by atoms with Crippen LogP contribution in [0.2, 0.25) is 0 Å². The molecule has 0 aliphatic carbocycles. The second-order valence-corrected chi connectivity index (χ2v) is 7.58. The van der Waals surface area contributed by atoms with Gasteiger partial charge in [-0.1, -0.05) is 27.7 Å². The number of nitrogens with one attached hydrogen (secondary N) is 2. The lowest BCUT2D eigenvalue weighted by molar-refractivity contribution is -0.123. The molecule has 1 aliphatic rings. The quantitative estimate of drug-likeness (QED) is 0.769. The predicted octanol–water partition coefficient (Wildman–Crippen LogP) is 3.71. The summed E-state index contributed by atoms with van der Waals surface area (Å²) in [6, 6.07) is 14.4. The summed E-state index contributed by atoms with van der Waals surface area (Å²) in [5, 5.41) is 5.40. The Morgan fingerprint density at radius 2 is 1.92 bits per heavy atom. The number of hydrogen-bond donors (Lipinski definition) is 2. The standard InChI is InChI=1S/C18H16BrN3O3S/c1-25-14-8-6-13(7-9-14)21-18-22-16(23)10-15(26-18)17(24)20-12-4-2-11(19)3-5-12/h2-9,15H,10H2,1H3,(H,20,24)(H,21,22,23). The van der Waals surface area contributed by atoms with Crippen LogP contribution in [-0.2, 0) is 9.59 Å². The van der Waals surface area contributed by atoms with Crippen molar-refractivity contribution in [3.8, 4) is 5.75 Å². The van der Waals surface area contributed by atoms with Crippen molar-refractivity contribution < 1.29 is 14.3 Å². The normalized spacial score (nSPS) is 18.3. The fourth-order valence-electron chi connectivity index (χ4n) is 2.28. The number of thioether (sulfide) groups is 1. The average Bonchev–Trinajstić information content (AvgIpc) is 2.64. The Balaban J connectivity index is 1.70. The van der Waals surface area contributed by atoms with Crippen LogP contribution in [0.4, 0.5) is 11.4 Å². The number of amides is 2. The highest BCUT2D eigenvalue weighted by Crippen LogP contribution is 2.26. The number of aliphatic imine (C=N–C) groups is 1. The molecule has 1 unspecified atom stereocenters. The highest BCUT2D eigenvalue weighted by Gasteiger charge is 2.30. The van der Waals surface area contributed by atoms with Crippen molar-refractivity contribution in [2.24, 2.45) is 4.99 Å². The van der Waals surface area contributed by atoms with Gasteiger partial charge in [0.15, 0.2) is 5.17 Å². The molecule has 2 aromatic rings. The molecule has 0 saturated carbocycles. The lowest BCUT2D eigenvalue weighted by atomic mass is 10.2. The number of benzene rings is 2. The highest BCUT2D eigenvalue weighted by atomic mass is 79.9. The molecule has 0 aromatic heterocycles. The minimum absolute atomic E-state index is 0.106. The largest absolute Gasteiger partial charge is 0.497 e. The molecule has 0 bridgehead atoms. The van der Waals surface area contributed by atoms with E-state index >= 15 is 0 Å². The van der Waals surface area contributed by atoms with Crippen LogP contribution >= 0.6 is 27.7 Å². The number of amidine groups is 1. The molecule has 134 valence electrons. The van der Waals surface area contributed by atoms with Gasteiger partial charge in [-0.05, 0) is 48.5 Å². The first-order chi connectivity index (χ1) is 12.5. The Morgan fingerprint density at radius 1 is 1.23 bits per heavy atom. The van der Waals surface area contributed by atoms with Crippen molar-refractivity contribution in [3.05, 3.63) is 53.0 Å². The average molecular weight is 434 g/mol. The second kappa shape index (κ2) is 8.37. The Hall–Kier alpha value is -2.32. The maximum Gasteiger partial charge on any atom is 0.238 e. The van der Waals surface area contributed by atoms with E-state index in [4.69, 9.17) is 4.74 Å². The number of carbonyl (C=O) groups is 2. The zero-order chi connectivity index (χ0) is 18.5. The minimum Gasteiger partial charge on any atom is -0.497 e. The molecule has 0 radical (unpaired) electrons. The third-order valence-corrected chi connectivity index (χ3v) is 5.19. The van der Waals surface area contributed by atoms with E-state index in [1.165, 1.54) is 11.8 Å². The fraction of sp³-hybridized carbons (Fsp3) is 0.167. The van der Waals surface area contributed by atoms with Gasteiger partial charge < -0.3 is 15.4 Å². The maximum absolute atomic E-state index is 12.5. The topological polar surface area (TPSA) is 79.8 Å². The summed E-state index contributed by atoms with van der Waals surface area (Å²) in [5.74, 6) is 0.266. The van der Waals surface area contributed by atoms with Crippen molar-refractivity contribution in [1.82, 2.24) is 5.32 Å². The van der Waals surface area contributed by atoms with Gasteiger partial charge in [-0.3, -0.25) is 9.59 Å². The van der Waals surface area contributed by atoms with Crippen molar-refractivity contribution >= 4 is 56.0 Å². The molecule has 1 saturated heterocycles. The molecule has 1 atom stereocenters. The number of halogens is 1. The van der Waals surface area contributed by atoms with Gasteiger partial charge in [-0.15, -0.1) is 0 Å². The van der Waals surface area contributed by atoms with Gasteiger partial charge >= 0.3 is 0 Å². The van der Waals surface area contributed by atoms with Crippen LogP contribution in [0.1, 0.15) is 6.42 Å². The number of hydrogen-bond acceptors (Lipinski definition) is 5. The van der Waals surface area contributed by atoms with E-state index in [0.717, 1.165) is 10.2 Å². The Kier molecular flexibility index (Phi) is 5.95. The lowest BCUT2D eigenvalue weighted by Gasteiger charge is -2.22. The smallest absolute Gasteiger partial charge is 0.238 e. The number of anilines is 1. The van der Waals surface area contributed by atoms with Gasteiger partial charge in [0.05, 0.1) is 12.8 Å². The first-order valence-electron chi connectivity index (χ1n) is 7.79. The van der Waals surface area contributed by atoms with Crippen molar-refractivity contribution in [2.75, 3.05) is 12.4 Å². The molecular formula is C18H16BrN3O3S. The number of rotatable bonds is 4. The predicted molar refractivity (Wildman–Crippen MR) is 107 cm³/mol. The zero-order valence-corrected chi connectivity index (χ0v) is 16.3. The van der Waals surface area contributed by atoms with Crippen molar-refractivity contribution in [2.45, 2.75) is 11.7 Å². The van der Waals surface area contributed by atoms with E-state index in [9.17, 15) is 9.59 Å². The number of nitrogens with zero attached hydrogens (tertiary/aromatic N) is 1. The first kappa shape index (κ1) is 18.5. The van der Waals surface area contributed by atoms with Gasteiger partial charge in [-0.2, -0.15) is 0 Å². The molecule has 26 heavy (non-hydrogen) atoms. The molecule has 2 N–H and O–H groups in total. The third kappa shape index (κ3) is 4.86. The van der Waals surface area contributed by atoms with Crippen LogP contribution in [0.3, 0.4) is 0 Å². The number of ether oxygens (including phenoxy) is 1. The summed E-state index contributed by atoms with van der Waals surface area (Å²) in [5.41, 5.74) is 1.35. The van der Waals surface area contributed by atoms with Crippen molar-refractivity contribution in [1.29, 1.82) is 0 Å². The summed E-state index contributed by atoms with van der Waals surface area (Å²) < 4.78 is 6.04. The van der Waals surface area contributed by atoms with Crippen LogP contribution < -0.4 is 15.4 Å². The van der Waals surface area contributed by atoms with Gasteiger partial charge in [0.2, 0.25) is 11.8 Å². The van der Waals surface area contributed by atoms with Gasteiger partial charge in [0, 0.05) is 16.6 Å². The molecule has 0 spiro atoms. The molecule has 6 nitrogen and oxygen atoms in total. The lowest BCUT2D eigenvalue weighted by Crippen LogP contribution is -2.41. The highest BCUT2D eigenvalue weighted by molar-refractivity contribution is 9.10. The van der Waals surface area contributed by atoms with Crippen LogP contribution in [0, 0.1) is 0 Å². The fourth-order valence-corrected chi connectivity index (χ4v) is 3.54. The molecule has 1 aliphatic heterocycles. The van der Waals surface area contributed by atoms with Gasteiger partial charge in [0.1, 0.15) is 11.0 Å². The molecule has 2 aromatic carbocycles. The number of methoxy groups -OCH3 is 1. The van der Waals surface area contributed by atoms with E-state index in [2.05, 4.69) is 31.6 Å². The Bertz CT molecular complexity index is 838.